The first-order valence-corrected chi connectivity index (χ1v) is 8.76. The van der Waals surface area contributed by atoms with Crippen LogP contribution in [0.4, 0.5) is 0 Å². The molecule has 0 saturated carbocycles. The minimum atomic E-state index is -1.08. The predicted molar refractivity (Wildman–Crippen MR) is 90.4 cm³/mol. The zero-order valence-corrected chi connectivity index (χ0v) is 18.3. The van der Waals surface area contributed by atoms with Crippen LogP contribution in [0.15, 0.2) is 0 Å². The van der Waals surface area contributed by atoms with Gasteiger partial charge in [0.25, 0.3) is 0 Å². The van der Waals surface area contributed by atoms with Gasteiger partial charge in [-0.1, -0.05) is 63.1 Å². The molecule has 0 aromatic heterocycles. The third-order valence-corrected chi connectivity index (χ3v) is 3.27. The third kappa shape index (κ3) is 78.0. The molecule has 7 heteroatoms. The summed E-state index contributed by atoms with van der Waals surface area (Å²) in [7, 11) is 2.66. The van der Waals surface area contributed by atoms with Crippen molar-refractivity contribution in [3.63, 3.8) is 0 Å². The summed E-state index contributed by atoms with van der Waals surface area (Å²) < 4.78 is 0. The zero-order chi connectivity index (χ0) is 16.6. The molecular formula is C14H26O4S2Sn. The number of rotatable bonds is 7. The molecule has 4 radical (unpaired) electrons. The van der Waals surface area contributed by atoms with Gasteiger partial charge in [0, 0.05) is 23.4 Å². The molecule has 0 N–H and O–H groups in total. The summed E-state index contributed by atoms with van der Waals surface area (Å²) in [6, 6.07) is 0. The molecule has 0 saturated heterocycles. The maximum atomic E-state index is 9.90. The van der Waals surface area contributed by atoms with Gasteiger partial charge in [0.2, 0.25) is 0 Å². The fourth-order valence-corrected chi connectivity index (χ4v) is 2.31. The molecule has 0 amide bonds. The molecule has 0 fully saturated rings. The van der Waals surface area contributed by atoms with Crippen LogP contribution in [-0.2, 0) is 9.59 Å². The van der Waals surface area contributed by atoms with Crippen molar-refractivity contribution in [2.75, 3.05) is 11.5 Å². The van der Waals surface area contributed by atoms with Crippen LogP contribution in [-0.4, -0.2) is 47.4 Å². The Morgan fingerprint density at radius 1 is 0.714 bits per heavy atom. The predicted octanol–water partition coefficient (Wildman–Crippen LogP) is 1.51. The Labute approximate surface area is 154 Å². The fourth-order valence-electron chi connectivity index (χ4n) is 0.368. The van der Waals surface area contributed by atoms with Crippen LogP contribution < -0.4 is 10.2 Å². The smallest absolute Gasteiger partial charge is 0.550 e. The van der Waals surface area contributed by atoms with E-state index in [1.54, 1.807) is 0 Å². The normalized spacial score (nSPS) is 8.95. The zero-order valence-electron chi connectivity index (χ0n) is 13.8. The van der Waals surface area contributed by atoms with Gasteiger partial charge < -0.3 is 19.8 Å². The maximum absolute atomic E-state index is 9.90. The second-order valence-corrected chi connectivity index (χ2v) is 7.59. The van der Waals surface area contributed by atoms with Crippen molar-refractivity contribution in [3.05, 3.63) is 11.8 Å². The van der Waals surface area contributed by atoms with Gasteiger partial charge in [-0.2, -0.15) is 0 Å². The molecule has 122 valence electrons. The molecule has 0 aliphatic heterocycles. The Morgan fingerprint density at radius 2 is 0.905 bits per heavy atom. The van der Waals surface area contributed by atoms with Crippen molar-refractivity contribution in [2.24, 2.45) is 0 Å². The Kier molecular flexibility index (Phi) is 31.9. The molecule has 0 rings (SSSR count). The van der Waals surface area contributed by atoms with Gasteiger partial charge in [0.1, 0.15) is 0 Å². The van der Waals surface area contributed by atoms with E-state index in [0.29, 0.717) is 11.5 Å². The summed E-state index contributed by atoms with van der Waals surface area (Å²) in [5.74, 6) is 1.56. The van der Waals surface area contributed by atoms with Gasteiger partial charge in [-0.15, -0.1) is 0 Å². The van der Waals surface area contributed by atoms with E-state index in [9.17, 15) is 19.8 Å². The van der Waals surface area contributed by atoms with Crippen LogP contribution in [0.25, 0.3) is 0 Å². The first-order valence-electron chi connectivity index (χ1n) is 6.27. The van der Waals surface area contributed by atoms with Crippen LogP contribution in [0.1, 0.15) is 54.4 Å². The Morgan fingerprint density at radius 3 is 1.05 bits per heavy atom. The Hall–Kier alpha value is 0.439. The standard InChI is InChI=1S/C6H10O4S2.2C4H9.Sn/c7-5(8)1-3-11-12-4-2-6(9)10;2*1-4(2)3;/h1-4H2,(H,7,8)(H,9,10);2*1-3H3;/q;;;+2/p-2. The number of carboxylic acid groups (broad SMARTS) is 2. The largest absolute Gasteiger partial charge is 2.00 e. The summed E-state index contributed by atoms with van der Waals surface area (Å²) in [4.78, 5) is 19.8. The molecule has 0 aliphatic rings. The molecule has 4 nitrogen and oxygen atoms in total. The van der Waals surface area contributed by atoms with E-state index in [1.165, 1.54) is 33.4 Å². The average Bonchev–Trinajstić information content (AvgIpc) is 2.20. The van der Waals surface area contributed by atoms with Crippen molar-refractivity contribution < 1.29 is 19.8 Å². The molecule has 0 aromatic rings. The number of aliphatic carboxylic acids is 2. The maximum Gasteiger partial charge on any atom is 2.00 e. The summed E-state index contributed by atoms with van der Waals surface area (Å²) >= 11 is 0. The molecule has 0 aliphatic carbocycles. The van der Waals surface area contributed by atoms with Gasteiger partial charge in [0.05, 0.1) is 0 Å². The molecule has 0 spiro atoms. The molecule has 0 aromatic carbocycles. The van der Waals surface area contributed by atoms with E-state index in [2.05, 4.69) is 41.5 Å². The van der Waals surface area contributed by atoms with E-state index >= 15 is 0 Å². The van der Waals surface area contributed by atoms with Crippen molar-refractivity contribution in [3.8, 4) is 0 Å². The van der Waals surface area contributed by atoms with Crippen LogP contribution in [0.3, 0.4) is 0 Å². The third-order valence-electron chi connectivity index (χ3n) is 0.862. The van der Waals surface area contributed by atoms with E-state index in [1.807, 2.05) is 0 Å². The van der Waals surface area contributed by atoms with Gasteiger partial charge in [0.15, 0.2) is 0 Å². The summed E-state index contributed by atoms with van der Waals surface area (Å²) in [5.41, 5.74) is 0. The van der Waals surface area contributed by atoms with Gasteiger partial charge in [-0.05, 0) is 24.7 Å². The quantitative estimate of drug-likeness (QED) is 0.339. The van der Waals surface area contributed by atoms with Gasteiger partial charge in [-0.25, -0.2) is 0 Å². The minimum absolute atomic E-state index is 0. The summed E-state index contributed by atoms with van der Waals surface area (Å²) in [6.45, 7) is 12.5. The first-order chi connectivity index (χ1) is 9.09. The topological polar surface area (TPSA) is 80.3 Å². The number of hydrogen-bond acceptors (Lipinski definition) is 6. The molecular weight excluding hydrogens is 415 g/mol. The van der Waals surface area contributed by atoms with Gasteiger partial charge in [-0.3, -0.25) is 0 Å². The SMILES string of the molecule is C[C](C)C.C[C](C)C.O=C([O-])CCSSCCC(=O)[O-].[Sn+2]. The second-order valence-electron chi connectivity index (χ2n) is 4.89. The van der Waals surface area contributed by atoms with Crippen molar-refractivity contribution in [1.82, 2.24) is 0 Å². The minimum Gasteiger partial charge on any atom is -0.550 e. The molecule has 21 heavy (non-hydrogen) atoms. The molecule has 0 bridgehead atoms. The summed E-state index contributed by atoms with van der Waals surface area (Å²) in [6.07, 6.45) is 0.00593. The number of carboxylic acids is 2. The average molecular weight is 441 g/mol. The van der Waals surface area contributed by atoms with Crippen molar-refractivity contribution in [1.29, 1.82) is 0 Å². The molecule has 0 unspecified atom stereocenters. The monoisotopic (exact) mass is 442 g/mol. The fraction of sp³-hybridized carbons (Fsp3) is 0.714. The number of carbonyl (C=O) groups is 2. The van der Waals surface area contributed by atoms with E-state index in [4.69, 9.17) is 0 Å². The first kappa shape index (κ1) is 29.4. The van der Waals surface area contributed by atoms with E-state index < -0.39 is 11.9 Å². The van der Waals surface area contributed by atoms with E-state index in [0.717, 1.165) is 0 Å². The Balaban J connectivity index is -0.000000134. The Bertz CT molecular complexity index is 208. The summed E-state index contributed by atoms with van der Waals surface area (Å²) in [5, 5.41) is 19.8. The van der Waals surface area contributed by atoms with Crippen LogP contribution >= 0.6 is 21.6 Å². The number of carbonyl (C=O) groups excluding carboxylic acids is 2. The second kappa shape index (κ2) is 22.7. The van der Waals surface area contributed by atoms with Crippen molar-refractivity contribution >= 4 is 57.4 Å². The number of hydrogen-bond donors (Lipinski definition) is 0. The molecule has 0 atom stereocenters. The van der Waals surface area contributed by atoms with Crippen LogP contribution in [0.2, 0.25) is 0 Å². The van der Waals surface area contributed by atoms with Crippen LogP contribution in [0.5, 0.6) is 0 Å². The van der Waals surface area contributed by atoms with Gasteiger partial charge >= 0.3 is 23.9 Å². The van der Waals surface area contributed by atoms with Crippen molar-refractivity contribution in [2.45, 2.75) is 54.4 Å². The van der Waals surface area contributed by atoms with Crippen LogP contribution in [0, 0.1) is 11.8 Å². The van der Waals surface area contributed by atoms with E-state index in [-0.39, 0.29) is 36.7 Å². The molecule has 0 heterocycles.